The Hall–Kier alpha value is -4.13. The predicted molar refractivity (Wildman–Crippen MR) is 112 cm³/mol. The molecule has 2 aromatic heterocycles. The van der Waals surface area contributed by atoms with E-state index in [-0.39, 0.29) is 0 Å². The Morgan fingerprint density at radius 2 is 1.60 bits per heavy atom. The second-order valence-electron chi connectivity index (χ2n) is 6.76. The third-order valence-corrected chi connectivity index (χ3v) is 4.70. The van der Waals surface area contributed by atoms with E-state index in [9.17, 15) is 8.78 Å². The van der Waals surface area contributed by atoms with E-state index in [1.54, 1.807) is 6.20 Å². The topological polar surface area (TPSA) is 66.5 Å². The van der Waals surface area contributed by atoms with Crippen LogP contribution in [-0.4, -0.2) is 20.2 Å². The fourth-order valence-electron chi connectivity index (χ4n) is 3.23. The molecule has 0 saturated carbocycles. The lowest BCUT2D eigenvalue weighted by Crippen LogP contribution is -1.92. The Labute approximate surface area is 170 Å². The fourth-order valence-corrected chi connectivity index (χ4v) is 3.23. The van der Waals surface area contributed by atoms with Crippen LogP contribution in [-0.2, 0) is 0 Å². The van der Waals surface area contributed by atoms with Crippen LogP contribution in [0.1, 0.15) is 0 Å². The van der Waals surface area contributed by atoms with Crippen LogP contribution in [0, 0.1) is 11.6 Å². The number of benzene rings is 3. The highest BCUT2D eigenvalue weighted by Crippen LogP contribution is 2.27. The van der Waals surface area contributed by atoms with Crippen molar-refractivity contribution >= 4 is 22.4 Å². The summed E-state index contributed by atoms with van der Waals surface area (Å²) in [5, 5.41) is 11.4. The van der Waals surface area contributed by atoms with Gasteiger partial charge in [0.25, 0.3) is 0 Å². The van der Waals surface area contributed by atoms with Crippen LogP contribution in [0.2, 0.25) is 0 Å². The van der Waals surface area contributed by atoms with Gasteiger partial charge in [0.05, 0.1) is 16.7 Å². The van der Waals surface area contributed by atoms with E-state index in [4.69, 9.17) is 0 Å². The molecule has 0 bridgehead atoms. The molecule has 0 atom stereocenters. The van der Waals surface area contributed by atoms with Crippen LogP contribution in [0.4, 0.5) is 20.2 Å². The van der Waals surface area contributed by atoms with Gasteiger partial charge in [-0.3, -0.25) is 0 Å². The first-order valence-electron chi connectivity index (χ1n) is 9.26. The molecule has 3 aromatic carbocycles. The third kappa shape index (κ3) is 3.48. The van der Waals surface area contributed by atoms with E-state index in [2.05, 4.69) is 25.5 Å². The first-order valence-corrected chi connectivity index (χ1v) is 9.26. The van der Waals surface area contributed by atoms with Crippen molar-refractivity contribution in [2.24, 2.45) is 0 Å². The van der Waals surface area contributed by atoms with Crippen molar-refractivity contribution in [3.63, 3.8) is 0 Å². The average Bonchev–Trinajstić information content (AvgIpc) is 3.18. The molecule has 0 aliphatic rings. The number of nitrogens with zero attached hydrogens (tertiary/aromatic N) is 3. The van der Waals surface area contributed by atoms with E-state index in [1.807, 2.05) is 60.7 Å². The van der Waals surface area contributed by atoms with Crippen molar-refractivity contribution in [3.8, 4) is 22.6 Å². The fraction of sp³-hybridized carbons (Fsp3) is 0. The molecule has 5 nitrogen and oxygen atoms in total. The number of hydrogen-bond donors (Lipinski definition) is 2. The van der Waals surface area contributed by atoms with Gasteiger partial charge in [0, 0.05) is 40.8 Å². The molecule has 0 fully saturated rings. The lowest BCUT2D eigenvalue weighted by Gasteiger charge is -2.08. The minimum atomic E-state index is -0.916. The standard InChI is InChI=1S/C23H15F2N5/c24-18-12-21-22(13-19(18)25)29-23(28-21)15-3-1-4-17(11-15)27-16-8-6-14(7-9-16)20-5-2-10-26-30-20/h1-13,27H,(H,28,29). The number of imidazole rings is 1. The maximum absolute atomic E-state index is 13.5. The van der Waals surface area contributed by atoms with Gasteiger partial charge in [-0.15, -0.1) is 0 Å². The lowest BCUT2D eigenvalue weighted by molar-refractivity contribution is 0.510. The Balaban J connectivity index is 1.40. The number of halogens is 2. The maximum atomic E-state index is 13.5. The van der Waals surface area contributed by atoms with Gasteiger partial charge >= 0.3 is 0 Å². The van der Waals surface area contributed by atoms with E-state index in [0.29, 0.717) is 16.9 Å². The van der Waals surface area contributed by atoms with Crippen molar-refractivity contribution in [2.75, 3.05) is 5.32 Å². The number of fused-ring (bicyclic) bond motifs is 1. The Morgan fingerprint density at radius 3 is 2.40 bits per heavy atom. The Bertz CT molecular complexity index is 1290. The number of H-pyrrole nitrogens is 1. The minimum Gasteiger partial charge on any atom is -0.356 e. The van der Waals surface area contributed by atoms with Crippen molar-refractivity contribution in [1.29, 1.82) is 0 Å². The highest BCUT2D eigenvalue weighted by atomic mass is 19.2. The van der Waals surface area contributed by atoms with Gasteiger partial charge in [0.15, 0.2) is 11.6 Å². The summed E-state index contributed by atoms with van der Waals surface area (Å²) in [6, 6.07) is 21.4. The Morgan fingerprint density at radius 1 is 0.767 bits per heavy atom. The van der Waals surface area contributed by atoms with Gasteiger partial charge in [-0.05, 0) is 36.4 Å². The molecule has 0 spiro atoms. The number of hydrogen-bond acceptors (Lipinski definition) is 4. The SMILES string of the molecule is Fc1cc2nc(-c3cccc(Nc4ccc(-c5cccnn5)cc4)c3)[nH]c2cc1F. The minimum absolute atomic E-state index is 0.377. The quantitative estimate of drug-likeness (QED) is 0.406. The molecular weight excluding hydrogens is 384 g/mol. The molecule has 0 amide bonds. The predicted octanol–water partition coefficient (Wildman–Crippen LogP) is 5.71. The molecule has 5 aromatic rings. The monoisotopic (exact) mass is 399 g/mol. The average molecular weight is 399 g/mol. The first kappa shape index (κ1) is 17.9. The smallest absolute Gasteiger partial charge is 0.161 e. The normalized spacial score (nSPS) is 11.0. The van der Waals surface area contributed by atoms with Crippen molar-refractivity contribution in [2.45, 2.75) is 0 Å². The second kappa shape index (κ2) is 7.36. The molecule has 30 heavy (non-hydrogen) atoms. The molecule has 2 heterocycles. The summed E-state index contributed by atoms with van der Waals surface area (Å²) in [6.45, 7) is 0. The third-order valence-electron chi connectivity index (χ3n) is 4.70. The number of rotatable bonds is 4. The van der Waals surface area contributed by atoms with Gasteiger partial charge in [-0.25, -0.2) is 13.8 Å². The molecular formula is C23H15F2N5. The van der Waals surface area contributed by atoms with Crippen LogP contribution in [0.25, 0.3) is 33.7 Å². The van der Waals surface area contributed by atoms with Gasteiger partial charge in [0.2, 0.25) is 0 Å². The second-order valence-corrected chi connectivity index (χ2v) is 6.76. The van der Waals surface area contributed by atoms with Crippen LogP contribution >= 0.6 is 0 Å². The molecule has 0 aliphatic carbocycles. The zero-order valence-corrected chi connectivity index (χ0v) is 15.6. The van der Waals surface area contributed by atoms with Crippen molar-refractivity contribution in [3.05, 3.63) is 90.6 Å². The van der Waals surface area contributed by atoms with Gasteiger partial charge in [-0.1, -0.05) is 24.3 Å². The van der Waals surface area contributed by atoms with E-state index in [0.717, 1.165) is 40.3 Å². The summed E-state index contributed by atoms with van der Waals surface area (Å²) < 4.78 is 26.9. The molecule has 0 unspecified atom stereocenters. The molecule has 7 heteroatoms. The highest BCUT2D eigenvalue weighted by molar-refractivity contribution is 5.80. The van der Waals surface area contributed by atoms with Crippen molar-refractivity contribution in [1.82, 2.24) is 20.2 Å². The van der Waals surface area contributed by atoms with Gasteiger partial charge in [0.1, 0.15) is 5.82 Å². The zero-order valence-electron chi connectivity index (χ0n) is 15.6. The number of aromatic nitrogens is 4. The first-order chi connectivity index (χ1) is 14.7. The number of nitrogens with one attached hydrogen (secondary N) is 2. The number of aromatic amines is 1. The van der Waals surface area contributed by atoms with Gasteiger partial charge in [-0.2, -0.15) is 10.2 Å². The van der Waals surface area contributed by atoms with Crippen molar-refractivity contribution < 1.29 is 8.78 Å². The number of anilines is 2. The summed E-state index contributed by atoms with van der Waals surface area (Å²) in [4.78, 5) is 7.41. The van der Waals surface area contributed by atoms with Crippen LogP contribution < -0.4 is 5.32 Å². The molecule has 0 saturated heterocycles. The van der Waals surface area contributed by atoms with E-state index < -0.39 is 11.6 Å². The summed E-state index contributed by atoms with van der Waals surface area (Å²) >= 11 is 0. The Kier molecular flexibility index (Phi) is 4.40. The summed E-state index contributed by atoms with van der Waals surface area (Å²) in [7, 11) is 0. The van der Waals surface area contributed by atoms with Crippen LogP contribution in [0.15, 0.2) is 79.0 Å². The lowest BCUT2D eigenvalue weighted by atomic mass is 10.1. The molecule has 2 N–H and O–H groups in total. The highest BCUT2D eigenvalue weighted by Gasteiger charge is 2.10. The molecule has 0 radical (unpaired) electrons. The summed E-state index contributed by atoms with van der Waals surface area (Å²) in [5.74, 6) is -1.28. The molecule has 5 rings (SSSR count). The largest absolute Gasteiger partial charge is 0.356 e. The van der Waals surface area contributed by atoms with E-state index in [1.165, 1.54) is 0 Å². The maximum Gasteiger partial charge on any atom is 0.161 e. The zero-order chi connectivity index (χ0) is 20.5. The van der Waals surface area contributed by atoms with Crippen LogP contribution in [0.3, 0.4) is 0 Å². The van der Waals surface area contributed by atoms with E-state index >= 15 is 0 Å². The molecule has 146 valence electrons. The summed E-state index contributed by atoms with van der Waals surface area (Å²) in [5.41, 5.74) is 5.18. The summed E-state index contributed by atoms with van der Waals surface area (Å²) in [6.07, 6.45) is 1.64. The molecule has 0 aliphatic heterocycles. The van der Waals surface area contributed by atoms with Gasteiger partial charge < -0.3 is 10.3 Å². The van der Waals surface area contributed by atoms with Crippen LogP contribution in [0.5, 0.6) is 0 Å².